The van der Waals surface area contributed by atoms with Gasteiger partial charge >= 0.3 is 0 Å². The Bertz CT molecular complexity index is 1470. The fourth-order valence-corrected chi connectivity index (χ4v) is 6.92. The monoisotopic (exact) mass is 615 g/mol. The molecule has 2 N–H and O–H groups in total. The summed E-state index contributed by atoms with van der Waals surface area (Å²) >= 11 is 12.5. The van der Waals surface area contributed by atoms with E-state index in [0.29, 0.717) is 51.0 Å². The third-order valence-corrected chi connectivity index (χ3v) is 8.86. The molecule has 2 aliphatic heterocycles. The molecule has 1 fully saturated rings. The van der Waals surface area contributed by atoms with Gasteiger partial charge in [-0.1, -0.05) is 47.5 Å². The lowest BCUT2D eigenvalue weighted by molar-refractivity contribution is -0.196. The minimum Gasteiger partial charge on any atom is -0.396 e. The van der Waals surface area contributed by atoms with Crippen LogP contribution < -0.4 is 0 Å². The first-order valence-corrected chi connectivity index (χ1v) is 14.6. The molecule has 1 saturated heterocycles. The van der Waals surface area contributed by atoms with E-state index in [1.807, 2.05) is 6.07 Å². The number of piperidine rings is 1. The van der Waals surface area contributed by atoms with Crippen LogP contribution in [0.1, 0.15) is 70.4 Å². The first kappa shape index (κ1) is 30.4. The smallest absolute Gasteiger partial charge is 0.279 e. The molecule has 2 amide bonds. The van der Waals surface area contributed by atoms with Crippen molar-refractivity contribution in [1.29, 1.82) is 0 Å². The molecule has 0 bridgehead atoms. The molecule has 3 heterocycles. The lowest BCUT2D eigenvalue weighted by Gasteiger charge is -2.43. The second-order valence-electron chi connectivity index (χ2n) is 10.6. The molecule has 5 rings (SSSR count). The van der Waals surface area contributed by atoms with E-state index in [9.17, 15) is 24.2 Å². The Morgan fingerprint density at radius 1 is 1.17 bits per heavy atom. The van der Waals surface area contributed by atoms with Gasteiger partial charge in [0.2, 0.25) is 12.8 Å². The minimum absolute atomic E-state index is 0.0172. The van der Waals surface area contributed by atoms with Crippen molar-refractivity contribution in [3.63, 3.8) is 0 Å². The van der Waals surface area contributed by atoms with Crippen LogP contribution in [0.25, 0.3) is 0 Å². The average molecular weight is 617 g/mol. The van der Waals surface area contributed by atoms with Crippen LogP contribution >= 0.6 is 23.2 Å². The number of fused-ring (bicyclic) bond motifs is 1. The van der Waals surface area contributed by atoms with Gasteiger partial charge in [0.1, 0.15) is 5.54 Å². The van der Waals surface area contributed by atoms with Crippen molar-refractivity contribution in [1.82, 2.24) is 14.9 Å². The molecule has 0 spiro atoms. The molecule has 2 aromatic carbocycles. The van der Waals surface area contributed by atoms with Crippen molar-refractivity contribution in [3.05, 3.63) is 98.3 Å². The summed E-state index contributed by atoms with van der Waals surface area (Å²) in [6.45, 7) is 0.138. The van der Waals surface area contributed by atoms with Crippen LogP contribution in [-0.2, 0) is 28.2 Å². The lowest BCUT2D eigenvalue weighted by atomic mass is 9.73. The summed E-state index contributed by atoms with van der Waals surface area (Å²) < 4.78 is 14.1. The van der Waals surface area contributed by atoms with E-state index < -0.39 is 24.2 Å². The zero-order chi connectivity index (χ0) is 30.0. The molecular formula is C31H32Cl2FN3O5. The number of hydrogen-bond acceptors (Lipinski definition) is 6. The number of nitrogens with zero attached hydrogens (tertiary/aromatic N) is 3. The Balaban J connectivity index is 1.81. The topological polar surface area (TPSA) is 103 Å². The number of aliphatic hydroxyl groups is 2. The number of alkyl halides is 1. The number of carbonyl (C=O) groups excluding carboxylic acids is 2. The van der Waals surface area contributed by atoms with Crippen molar-refractivity contribution < 1.29 is 29.0 Å². The minimum atomic E-state index is -1.48. The van der Waals surface area contributed by atoms with Gasteiger partial charge in [-0.2, -0.15) is 5.06 Å². The van der Waals surface area contributed by atoms with E-state index in [4.69, 9.17) is 28.0 Å². The summed E-state index contributed by atoms with van der Waals surface area (Å²) in [5.41, 5.74) is 1.36. The molecule has 1 aromatic heterocycles. The van der Waals surface area contributed by atoms with Gasteiger partial charge in [-0.15, -0.1) is 0 Å². The van der Waals surface area contributed by atoms with Gasteiger partial charge in [0.15, 0.2) is 0 Å². The van der Waals surface area contributed by atoms with Gasteiger partial charge in [0.25, 0.3) is 5.91 Å². The highest BCUT2D eigenvalue weighted by molar-refractivity contribution is 6.30. The Kier molecular flexibility index (Phi) is 9.15. The number of aromatic nitrogens is 1. The maximum Gasteiger partial charge on any atom is 0.279 e. The average Bonchev–Trinajstić information content (AvgIpc) is 3.23. The molecule has 11 heteroatoms. The quantitative estimate of drug-likeness (QED) is 0.345. The van der Waals surface area contributed by atoms with Crippen LogP contribution in [0.2, 0.25) is 10.0 Å². The van der Waals surface area contributed by atoms with Crippen LogP contribution in [0.15, 0.2) is 54.7 Å². The summed E-state index contributed by atoms with van der Waals surface area (Å²) in [5, 5.41) is 22.9. The Labute approximate surface area is 253 Å². The van der Waals surface area contributed by atoms with Crippen molar-refractivity contribution >= 4 is 35.0 Å². The van der Waals surface area contributed by atoms with Gasteiger partial charge < -0.3 is 15.1 Å². The summed E-state index contributed by atoms with van der Waals surface area (Å²) in [4.78, 5) is 38.5. The van der Waals surface area contributed by atoms with E-state index in [1.54, 1.807) is 47.4 Å². The summed E-state index contributed by atoms with van der Waals surface area (Å²) in [6, 6.07) is 13.3. The summed E-state index contributed by atoms with van der Waals surface area (Å²) in [5.74, 6) is -1.21. The molecule has 42 heavy (non-hydrogen) atoms. The molecule has 0 aliphatic carbocycles. The number of halogens is 3. The van der Waals surface area contributed by atoms with Crippen LogP contribution in [0.4, 0.5) is 4.39 Å². The van der Waals surface area contributed by atoms with Crippen LogP contribution in [0.5, 0.6) is 0 Å². The van der Waals surface area contributed by atoms with E-state index in [0.717, 1.165) is 17.9 Å². The van der Waals surface area contributed by atoms with Gasteiger partial charge in [0.05, 0.1) is 18.2 Å². The van der Waals surface area contributed by atoms with E-state index >= 15 is 0 Å². The first-order valence-electron chi connectivity index (χ1n) is 13.8. The van der Waals surface area contributed by atoms with Crippen LogP contribution in [-0.4, -0.2) is 63.0 Å². The number of rotatable bonds is 9. The third kappa shape index (κ3) is 5.29. The maximum absolute atomic E-state index is 14.1. The number of benzene rings is 2. The second-order valence-corrected chi connectivity index (χ2v) is 11.5. The van der Waals surface area contributed by atoms with Crippen molar-refractivity contribution in [3.8, 4) is 0 Å². The second kappa shape index (κ2) is 12.7. The highest BCUT2D eigenvalue weighted by Crippen LogP contribution is 2.51. The molecular weight excluding hydrogens is 584 g/mol. The molecule has 0 radical (unpaired) electrons. The fourth-order valence-electron chi connectivity index (χ4n) is 6.61. The van der Waals surface area contributed by atoms with Crippen molar-refractivity contribution in [2.75, 3.05) is 20.0 Å². The molecule has 3 atom stereocenters. The Morgan fingerprint density at radius 3 is 2.60 bits per heavy atom. The Morgan fingerprint density at radius 2 is 1.93 bits per heavy atom. The van der Waals surface area contributed by atoms with Gasteiger partial charge in [-0.05, 0) is 54.7 Å². The Hall–Kier alpha value is -3.08. The summed E-state index contributed by atoms with van der Waals surface area (Å²) in [7, 11) is 0. The largest absolute Gasteiger partial charge is 0.396 e. The molecule has 2 aliphatic rings. The lowest BCUT2D eigenvalue weighted by Crippen LogP contribution is -2.49. The molecule has 8 nitrogen and oxygen atoms in total. The number of carbonyl (C=O) groups is 2. The van der Waals surface area contributed by atoms with Crippen molar-refractivity contribution in [2.24, 2.45) is 0 Å². The predicted molar refractivity (Wildman–Crippen MR) is 156 cm³/mol. The number of aliphatic hydroxyl groups excluding tert-OH is 2. The zero-order valence-corrected chi connectivity index (χ0v) is 24.6. The predicted octanol–water partition coefficient (Wildman–Crippen LogP) is 5.16. The van der Waals surface area contributed by atoms with Crippen molar-refractivity contribution in [2.45, 2.75) is 56.7 Å². The van der Waals surface area contributed by atoms with Gasteiger partial charge in [0, 0.05) is 65.5 Å². The fraction of sp³-hybridized carbons (Fsp3) is 0.387. The van der Waals surface area contributed by atoms with Crippen LogP contribution in [0, 0.1) is 0 Å². The summed E-state index contributed by atoms with van der Waals surface area (Å²) in [6.07, 6.45) is 3.84. The van der Waals surface area contributed by atoms with E-state index in [1.165, 1.54) is 13.1 Å². The third-order valence-electron chi connectivity index (χ3n) is 8.41. The standard InChI is InChI=1S/C31H32Cl2FN3O5/c1-19(40)36-12-3-2-7-28(36)26(17-39)24-5-4-6-25-29(24)31(37(30(25)41)42-18-34,21-8-10-22(32)11-9-21)14-27-20(16-38)13-23(33)15-35-27/h4-6,8-11,13,15,26,28,38-39H,2-3,7,12,14,16-18H2,1H3/t26?,28?,31-/m1/s1. The van der Waals surface area contributed by atoms with Gasteiger partial charge in [-0.25, -0.2) is 9.23 Å². The molecule has 222 valence electrons. The number of likely N-dealkylation sites (tertiary alicyclic amines) is 1. The number of hydrogen-bond donors (Lipinski definition) is 2. The highest BCUT2D eigenvalue weighted by atomic mass is 35.5. The first-order chi connectivity index (χ1) is 20.3. The molecule has 2 unspecified atom stereocenters. The molecule has 3 aromatic rings. The SMILES string of the molecule is CC(=O)N1CCCCC1C(CO)c1cccc2c1[C@@](Cc1ncc(Cl)cc1CO)(c1ccc(Cl)cc1)N(OCF)C2=O. The highest BCUT2D eigenvalue weighted by Gasteiger charge is 2.55. The maximum atomic E-state index is 14.1. The van der Waals surface area contributed by atoms with Gasteiger partial charge in [-0.3, -0.25) is 14.6 Å². The normalized spacial score (nSPS) is 21.0. The van der Waals surface area contributed by atoms with E-state index in [2.05, 4.69) is 4.98 Å². The van der Waals surface area contributed by atoms with Crippen LogP contribution in [0.3, 0.4) is 0 Å². The number of amides is 2. The number of pyridine rings is 1. The number of hydroxylamine groups is 2. The van der Waals surface area contributed by atoms with E-state index in [-0.39, 0.29) is 37.1 Å². The molecule has 0 saturated carbocycles. The zero-order valence-electron chi connectivity index (χ0n) is 23.1.